The molecule has 0 radical (unpaired) electrons. The summed E-state index contributed by atoms with van der Waals surface area (Å²) in [6, 6.07) is 10.2. The Hall–Kier alpha value is -1.86. The molecule has 0 fully saturated rings. The molecular weight excluding hydrogens is 320 g/mol. The van der Waals surface area contributed by atoms with Crippen molar-refractivity contribution in [1.29, 1.82) is 5.26 Å². The van der Waals surface area contributed by atoms with Gasteiger partial charge in [-0.3, -0.25) is 4.68 Å². The fraction of sp³-hybridized carbons (Fsp3) is 0.526. The van der Waals surface area contributed by atoms with Gasteiger partial charge in [-0.05, 0) is 24.1 Å². The number of unbranched alkanes of at least 4 members (excludes halogenated alkanes) is 5. The summed E-state index contributed by atoms with van der Waals surface area (Å²) in [7, 11) is 0. The Balaban J connectivity index is 2.10. The highest BCUT2D eigenvalue weighted by atomic mass is 35.5. The fourth-order valence-corrected chi connectivity index (χ4v) is 3.16. The minimum atomic E-state index is -0.594. The number of hydrogen-bond donors (Lipinski definition) is 0. The van der Waals surface area contributed by atoms with E-state index in [-0.39, 0.29) is 0 Å². The fourth-order valence-electron chi connectivity index (χ4n) is 3.04. The molecule has 4 nitrogen and oxygen atoms in total. The van der Waals surface area contributed by atoms with Gasteiger partial charge in [-0.2, -0.15) is 10.4 Å². The van der Waals surface area contributed by atoms with Gasteiger partial charge in [0.05, 0.1) is 12.6 Å². The molecule has 24 heavy (non-hydrogen) atoms. The third-order valence-electron chi connectivity index (χ3n) is 4.47. The number of nitrogens with zero attached hydrogens (tertiary/aromatic N) is 4. The molecule has 0 spiro atoms. The second kappa shape index (κ2) is 9.44. The van der Waals surface area contributed by atoms with Crippen LogP contribution in [0.15, 0.2) is 36.9 Å². The zero-order valence-corrected chi connectivity index (χ0v) is 15.0. The van der Waals surface area contributed by atoms with Crippen LogP contribution in [0.1, 0.15) is 57.4 Å². The normalized spacial score (nSPS) is 13.4. The van der Waals surface area contributed by atoms with E-state index in [2.05, 4.69) is 23.1 Å². The van der Waals surface area contributed by atoms with Gasteiger partial charge in [0.25, 0.3) is 0 Å². The van der Waals surface area contributed by atoms with Gasteiger partial charge in [0, 0.05) is 5.02 Å². The van der Waals surface area contributed by atoms with Crippen molar-refractivity contribution in [2.75, 3.05) is 0 Å². The minimum Gasteiger partial charge on any atom is -0.251 e. The lowest BCUT2D eigenvalue weighted by Crippen LogP contribution is -2.30. The van der Waals surface area contributed by atoms with E-state index in [1.807, 2.05) is 24.3 Å². The van der Waals surface area contributed by atoms with Crippen LogP contribution in [0.4, 0.5) is 0 Å². The van der Waals surface area contributed by atoms with E-state index in [1.54, 1.807) is 11.0 Å². The quantitative estimate of drug-likeness (QED) is 0.560. The summed E-state index contributed by atoms with van der Waals surface area (Å²) in [6.45, 7) is 2.74. The molecule has 0 saturated carbocycles. The third kappa shape index (κ3) is 5.07. The molecule has 0 bridgehead atoms. The first kappa shape index (κ1) is 18.5. The molecule has 0 aliphatic carbocycles. The maximum absolute atomic E-state index is 9.99. The topological polar surface area (TPSA) is 54.5 Å². The largest absolute Gasteiger partial charge is 0.251 e. The highest BCUT2D eigenvalue weighted by Gasteiger charge is 2.33. The molecule has 1 aromatic heterocycles. The number of nitriles is 1. The standard InChI is InChI=1S/C19H25ClN4/c1-2-3-4-5-6-7-12-19(13-21,14-24-16-22-15-23-24)17-8-10-18(20)11-9-17/h8-11,15-16H,2-7,12,14H2,1H3. The molecule has 0 aliphatic rings. The Kier molecular flexibility index (Phi) is 7.27. The predicted octanol–water partition coefficient (Wildman–Crippen LogP) is 5.14. The first-order valence-corrected chi connectivity index (χ1v) is 9.08. The molecule has 1 heterocycles. The molecule has 5 heteroatoms. The van der Waals surface area contributed by atoms with Crippen molar-refractivity contribution in [1.82, 2.24) is 14.8 Å². The molecule has 2 aromatic rings. The van der Waals surface area contributed by atoms with E-state index in [1.165, 1.54) is 32.0 Å². The molecule has 1 unspecified atom stereocenters. The maximum Gasteiger partial charge on any atom is 0.137 e. The lowest BCUT2D eigenvalue weighted by molar-refractivity contribution is 0.384. The van der Waals surface area contributed by atoms with Crippen molar-refractivity contribution in [2.45, 2.75) is 63.8 Å². The van der Waals surface area contributed by atoms with Crippen LogP contribution in [0.2, 0.25) is 5.02 Å². The lowest BCUT2D eigenvalue weighted by Gasteiger charge is -2.27. The van der Waals surface area contributed by atoms with Crippen LogP contribution in [0.3, 0.4) is 0 Å². The summed E-state index contributed by atoms with van der Waals surface area (Å²) in [5, 5.41) is 14.9. The van der Waals surface area contributed by atoms with Crippen LogP contribution in [-0.2, 0) is 12.0 Å². The van der Waals surface area contributed by atoms with E-state index in [0.717, 1.165) is 24.8 Å². The van der Waals surface area contributed by atoms with Gasteiger partial charge in [0.15, 0.2) is 0 Å². The first-order valence-electron chi connectivity index (χ1n) is 8.70. The van der Waals surface area contributed by atoms with Gasteiger partial charge in [0.1, 0.15) is 18.1 Å². The van der Waals surface area contributed by atoms with Crippen molar-refractivity contribution < 1.29 is 0 Å². The van der Waals surface area contributed by atoms with Gasteiger partial charge in [-0.15, -0.1) is 0 Å². The van der Waals surface area contributed by atoms with Gasteiger partial charge in [0.2, 0.25) is 0 Å². The van der Waals surface area contributed by atoms with Crippen molar-refractivity contribution >= 4 is 11.6 Å². The number of rotatable bonds is 10. The summed E-state index contributed by atoms with van der Waals surface area (Å²) < 4.78 is 1.74. The molecular formula is C19H25ClN4. The minimum absolute atomic E-state index is 0.514. The van der Waals surface area contributed by atoms with E-state index in [4.69, 9.17) is 11.6 Å². The van der Waals surface area contributed by atoms with Crippen molar-refractivity contribution in [3.8, 4) is 6.07 Å². The maximum atomic E-state index is 9.99. The van der Waals surface area contributed by atoms with Gasteiger partial charge >= 0.3 is 0 Å². The van der Waals surface area contributed by atoms with Crippen LogP contribution in [0.5, 0.6) is 0 Å². The number of hydrogen-bond acceptors (Lipinski definition) is 3. The molecule has 0 N–H and O–H groups in total. The number of halogens is 1. The van der Waals surface area contributed by atoms with Crippen LogP contribution >= 0.6 is 11.6 Å². The van der Waals surface area contributed by atoms with Gasteiger partial charge < -0.3 is 0 Å². The Labute approximate surface area is 149 Å². The summed E-state index contributed by atoms with van der Waals surface area (Å²) >= 11 is 6.01. The Bertz CT molecular complexity index is 630. The van der Waals surface area contributed by atoms with E-state index in [9.17, 15) is 5.26 Å². The summed E-state index contributed by atoms with van der Waals surface area (Å²) in [5.74, 6) is 0. The summed E-state index contributed by atoms with van der Waals surface area (Å²) in [4.78, 5) is 4.00. The van der Waals surface area contributed by atoms with E-state index >= 15 is 0 Å². The Morgan fingerprint density at radius 2 is 1.83 bits per heavy atom. The Morgan fingerprint density at radius 3 is 2.46 bits per heavy atom. The zero-order chi connectivity index (χ0) is 17.3. The van der Waals surface area contributed by atoms with Crippen LogP contribution < -0.4 is 0 Å². The second-order valence-electron chi connectivity index (χ2n) is 6.31. The molecule has 1 atom stereocenters. The average Bonchev–Trinajstić information content (AvgIpc) is 3.10. The second-order valence-corrected chi connectivity index (χ2v) is 6.75. The van der Waals surface area contributed by atoms with Crippen molar-refractivity contribution in [2.24, 2.45) is 0 Å². The molecule has 1 aromatic carbocycles. The SMILES string of the molecule is CCCCCCCCC(C#N)(Cn1cncn1)c1ccc(Cl)cc1. The Morgan fingerprint density at radius 1 is 1.12 bits per heavy atom. The highest BCUT2D eigenvalue weighted by Crippen LogP contribution is 2.32. The monoisotopic (exact) mass is 344 g/mol. The summed E-state index contributed by atoms with van der Waals surface area (Å²) in [6.07, 6.45) is 11.2. The predicted molar refractivity (Wildman–Crippen MR) is 96.8 cm³/mol. The molecule has 2 rings (SSSR count). The highest BCUT2D eigenvalue weighted by molar-refractivity contribution is 6.30. The van der Waals surface area contributed by atoms with Gasteiger partial charge in [-0.25, -0.2) is 4.98 Å². The van der Waals surface area contributed by atoms with E-state index in [0.29, 0.717) is 11.6 Å². The van der Waals surface area contributed by atoms with Crippen LogP contribution in [0.25, 0.3) is 0 Å². The lowest BCUT2D eigenvalue weighted by atomic mass is 9.77. The van der Waals surface area contributed by atoms with Crippen molar-refractivity contribution in [3.05, 3.63) is 47.5 Å². The summed E-state index contributed by atoms with van der Waals surface area (Å²) in [5.41, 5.74) is 0.404. The zero-order valence-electron chi connectivity index (χ0n) is 14.3. The average molecular weight is 345 g/mol. The van der Waals surface area contributed by atoms with E-state index < -0.39 is 5.41 Å². The van der Waals surface area contributed by atoms with Crippen LogP contribution in [-0.4, -0.2) is 14.8 Å². The van der Waals surface area contributed by atoms with Crippen LogP contribution in [0, 0.1) is 11.3 Å². The molecule has 0 saturated heterocycles. The first-order chi connectivity index (χ1) is 11.7. The van der Waals surface area contributed by atoms with Crippen molar-refractivity contribution in [3.63, 3.8) is 0 Å². The van der Waals surface area contributed by atoms with Gasteiger partial charge in [-0.1, -0.05) is 69.2 Å². The molecule has 0 aliphatic heterocycles. The number of benzene rings is 1. The smallest absolute Gasteiger partial charge is 0.137 e. The third-order valence-corrected chi connectivity index (χ3v) is 4.72. The molecule has 0 amide bonds. The molecule has 128 valence electrons. The number of aromatic nitrogens is 3.